The molecule has 2 heterocycles. The van der Waals surface area contributed by atoms with Crippen LogP contribution in [-0.2, 0) is 0 Å². The number of nitrogens with zero attached hydrogens (tertiary/aromatic N) is 3. The lowest BCUT2D eigenvalue weighted by Crippen LogP contribution is -2.29. The number of carboxylic acid groups (broad SMARTS) is 1. The molecule has 4 rings (SSSR count). The summed E-state index contributed by atoms with van der Waals surface area (Å²) in [6.45, 7) is 2.26. The van der Waals surface area contributed by atoms with Crippen LogP contribution in [0.4, 0.5) is 5.69 Å². The van der Waals surface area contributed by atoms with E-state index in [1.54, 1.807) is 0 Å². The molecular formula is C20H20N4O2S. The smallest absolute Gasteiger partial charge is 0.359 e. The number of aromatic nitrogens is 3. The molecule has 1 saturated heterocycles. The number of aromatic amines is 1. The van der Waals surface area contributed by atoms with Crippen LogP contribution in [0.25, 0.3) is 11.1 Å². The first kappa shape index (κ1) is 17.6. The van der Waals surface area contributed by atoms with E-state index in [1.165, 1.54) is 42.3 Å². The Morgan fingerprint density at radius 2 is 1.78 bits per heavy atom. The maximum absolute atomic E-state index is 11.1. The van der Waals surface area contributed by atoms with Gasteiger partial charge in [0, 0.05) is 23.7 Å². The van der Waals surface area contributed by atoms with Crippen LogP contribution < -0.4 is 4.90 Å². The summed E-state index contributed by atoms with van der Waals surface area (Å²) in [5.74, 6) is -1.09. The third kappa shape index (κ3) is 3.98. The van der Waals surface area contributed by atoms with E-state index in [0.717, 1.165) is 23.5 Å². The Kier molecular flexibility index (Phi) is 5.11. The quantitative estimate of drug-likeness (QED) is 0.686. The Hall–Kier alpha value is -2.80. The van der Waals surface area contributed by atoms with Crippen molar-refractivity contribution in [1.82, 2.24) is 15.4 Å². The normalized spacial score (nSPS) is 14.3. The summed E-state index contributed by atoms with van der Waals surface area (Å²) in [6.07, 6.45) is 3.84. The van der Waals surface area contributed by atoms with Crippen LogP contribution in [0, 0.1) is 0 Å². The van der Waals surface area contributed by atoms with E-state index in [1.807, 2.05) is 12.1 Å². The number of carboxylic acids is 1. The molecule has 138 valence electrons. The predicted molar refractivity (Wildman–Crippen MR) is 105 cm³/mol. The highest BCUT2D eigenvalue weighted by atomic mass is 32.2. The molecule has 27 heavy (non-hydrogen) atoms. The number of hydrogen-bond acceptors (Lipinski definition) is 5. The number of anilines is 1. The van der Waals surface area contributed by atoms with Crippen molar-refractivity contribution in [3.63, 3.8) is 0 Å². The van der Waals surface area contributed by atoms with Crippen molar-refractivity contribution in [2.24, 2.45) is 0 Å². The molecular weight excluding hydrogens is 360 g/mol. The summed E-state index contributed by atoms with van der Waals surface area (Å²) >= 11 is 1.29. The van der Waals surface area contributed by atoms with E-state index in [9.17, 15) is 4.79 Å². The van der Waals surface area contributed by atoms with Gasteiger partial charge in [-0.2, -0.15) is 5.21 Å². The van der Waals surface area contributed by atoms with Gasteiger partial charge in [0.2, 0.25) is 5.69 Å². The first-order valence-electron chi connectivity index (χ1n) is 8.98. The Balaban J connectivity index is 1.52. The molecule has 0 saturated carbocycles. The van der Waals surface area contributed by atoms with E-state index in [4.69, 9.17) is 5.11 Å². The van der Waals surface area contributed by atoms with E-state index in [-0.39, 0.29) is 5.69 Å². The largest absolute Gasteiger partial charge is 0.476 e. The van der Waals surface area contributed by atoms with Gasteiger partial charge in [-0.15, -0.1) is 10.2 Å². The fourth-order valence-corrected chi connectivity index (χ4v) is 4.10. The molecule has 7 heteroatoms. The second kappa shape index (κ2) is 7.84. The predicted octanol–water partition coefficient (Wildman–Crippen LogP) is 4.31. The van der Waals surface area contributed by atoms with Crippen molar-refractivity contribution < 1.29 is 9.90 Å². The fourth-order valence-electron chi connectivity index (χ4n) is 3.29. The van der Waals surface area contributed by atoms with Gasteiger partial charge in [-0.1, -0.05) is 36.0 Å². The first-order valence-corrected chi connectivity index (χ1v) is 9.80. The van der Waals surface area contributed by atoms with Crippen LogP contribution in [0.2, 0.25) is 0 Å². The second-order valence-electron chi connectivity index (χ2n) is 6.51. The summed E-state index contributed by atoms with van der Waals surface area (Å²) in [5.41, 5.74) is 3.54. The van der Waals surface area contributed by atoms with Gasteiger partial charge in [-0.05, 0) is 54.7 Å². The Bertz CT molecular complexity index is 933. The molecule has 0 atom stereocenters. The van der Waals surface area contributed by atoms with Crippen LogP contribution >= 0.6 is 11.8 Å². The Labute approximate surface area is 161 Å². The monoisotopic (exact) mass is 380 g/mol. The third-order valence-corrected chi connectivity index (χ3v) is 5.67. The molecule has 2 aromatic carbocycles. The van der Waals surface area contributed by atoms with Crippen LogP contribution in [0.3, 0.4) is 0 Å². The number of nitrogens with one attached hydrogen (secondary N) is 1. The number of hydrogen-bond donors (Lipinski definition) is 2. The zero-order valence-electron chi connectivity index (χ0n) is 14.8. The van der Waals surface area contributed by atoms with Gasteiger partial charge in [0.05, 0.1) is 0 Å². The minimum absolute atomic E-state index is 0.0571. The lowest BCUT2D eigenvalue weighted by molar-refractivity contribution is 0.0686. The van der Waals surface area contributed by atoms with Crippen molar-refractivity contribution >= 4 is 23.4 Å². The maximum Gasteiger partial charge on any atom is 0.359 e. The highest BCUT2D eigenvalue weighted by molar-refractivity contribution is 7.99. The molecule has 3 aromatic rings. The number of aromatic carboxylic acids is 1. The lowest BCUT2D eigenvalue weighted by atomic mass is 10.0. The molecule has 1 aliphatic heterocycles. The molecule has 2 N–H and O–H groups in total. The van der Waals surface area contributed by atoms with Crippen molar-refractivity contribution in [1.29, 1.82) is 0 Å². The minimum Gasteiger partial charge on any atom is -0.476 e. The van der Waals surface area contributed by atoms with Crippen LogP contribution in [-0.4, -0.2) is 39.6 Å². The van der Waals surface area contributed by atoms with Crippen molar-refractivity contribution in [2.45, 2.75) is 29.2 Å². The lowest BCUT2D eigenvalue weighted by Gasteiger charge is -2.29. The van der Waals surface area contributed by atoms with Gasteiger partial charge < -0.3 is 10.0 Å². The zero-order chi connectivity index (χ0) is 18.6. The number of H-pyrrole nitrogens is 1. The minimum atomic E-state index is -1.09. The SMILES string of the molecule is O=C(O)c1n[nH]nc1Sc1ccc(-c2cccc(N3CCCCC3)c2)cc1. The standard InChI is InChI=1S/C20H20N4O2S/c25-20(26)18-19(22-23-21-18)27-17-9-7-14(8-10-17)15-5-4-6-16(13-15)24-11-2-1-3-12-24/h4-10,13H,1-3,11-12H2,(H,25,26)(H,21,22,23). The molecule has 0 amide bonds. The highest BCUT2D eigenvalue weighted by Gasteiger charge is 2.16. The van der Waals surface area contributed by atoms with E-state index in [0.29, 0.717) is 5.03 Å². The third-order valence-electron chi connectivity index (χ3n) is 4.69. The molecule has 0 aliphatic carbocycles. The molecule has 6 nitrogen and oxygen atoms in total. The topological polar surface area (TPSA) is 82.1 Å². The van der Waals surface area contributed by atoms with E-state index >= 15 is 0 Å². The van der Waals surface area contributed by atoms with Gasteiger partial charge in [-0.3, -0.25) is 0 Å². The average molecular weight is 380 g/mol. The van der Waals surface area contributed by atoms with E-state index in [2.05, 4.69) is 56.7 Å². The number of benzene rings is 2. The molecule has 1 aliphatic rings. The number of carbonyl (C=O) groups is 1. The van der Waals surface area contributed by atoms with Crippen molar-refractivity contribution in [2.75, 3.05) is 18.0 Å². The second-order valence-corrected chi connectivity index (χ2v) is 7.57. The Morgan fingerprint density at radius 3 is 2.52 bits per heavy atom. The van der Waals surface area contributed by atoms with E-state index < -0.39 is 5.97 Å². The van der Waals surface area contributed by atoms with Crippen LogP contribution in [0.5, 0.6) is 0 Å². The highest BCUT2D eigenvalue weighted by Crippen LogP contribution is 2.31. The summed E-state index contributed by atoms with van der Waals surface area (Å²) in [6, 6.07) is 16.7. The molecule has 0 spiro atoms. The van der Waals surface area contributed by atoms with Gasteiger partial charge in [0.25, 0.3) is 0 Å². The van der Waals surface area contributed by atoms with Gasteiger partial charge in [-0.25, -0.2) is 4.79 Å². The number of rotatable bonds is 5. The van der Waals surface area contributed by atoms with Crippen LogP contribution in [0.15, 0.2) is 58.5 Å². The summed E-state index contributed by atoms with van der Waals surface area (Å²) in [5, 5.41) is 19.4. The Morgan fingerprint density at radius 1 is 1.00 bits per heavy atom. The zero-order valence-corrected chi connectivity index (χ0v) is 15.6. The maximum atomic E-state index is 11.1. The van der Waals surface area contributed by atoms with Crippen molar-refractivity contribution in [3.8, 4) is 11.1 Å². The summed E-state index contributed by atoms with van der Waals surface area (Å²) in [4.78, 5) is 14.5. The summed E-state index contributed by atoms with van der Waals surface area (Å²) < 4.78 is 0. The molecule has 0 radical (unpaired) electrons. The first-order chi connectivity index (χ1) is 13.2. The molecule has 1 fully saturated rings. The van der Waals surface area contributed by atoms with Gasteiger partial charge >= 0.3 is 5.97 Å². The summed E-state index contributed by atoms with van der Waals surface area (Å²) in [7, 11) is 0. The molecule has 0 bridgehead atoms. The molecule has 1 aromatic heterocycles. The van der Waals surface area contributed by atoms with Gasteiger partial charge in [0.1, 0.15) is 0 Å². The fraction of sp³-hybridized carbons (Fsp3) is 0.250. The van der Waals surface area contributed by atoms with Crippen molar-refractivity contribution in [3.05, 3.63) is 54.2 Å². The molecule has 0 unspecified atom stereocenters. The number of piperidine rings is 1. The average Bonchev–Trinajstić information content (AvgIpc) is 3.18. The van der Waals surface area contributed by atoms with Crippen LogP contribution in [0.1, 0.15) is 29.8 Å². The van der Waals surface area contributed by atoms with Gasteiger partial charge in [0.15, 0.2) is 5.03 Å².